The molecule has 0 radical (unpaired) electrons. The van der Waals surface area contributed by atoms with Gasteiger partial charge in [-0.1, -0.05) is 0 Å². The Bertz CT molecular complexity index is 331. The van der Waals surface area contributed by atoms with Gasteiger partial charge in [-0.15, -0.1) is 0 Å². The Labute approximate surface area is 144 Å². The number of amides is 2. The highest BCUT2D eigenvalue weighted by Crippen LogP contribution is 1.95. The van der Waals surface area contributed by atoms with Crippen LogP contribution >= 0.6 is 0 Å². The van der Waals surface area contributed by atoms with Crippen LogP contribution in [0, 0.1) is 0 Å². The molecule has 0 aliphatic heterocycles. The minimum Gasteiger partial charge on any atom is -0.382 e. The Balaban J connectivity index is 3.55. The van der Waals surface area contributed by atoms with Gasteiger partial charge in [0.2, 0.25) is 11.8 Å². The average molecular weight is 347 g/mol. The summed E-state index contributed by atoms with van der Waals surface area (Å²) in [5.74, 6) is -0.358. The van der Waals surface area contributed by atoms with Crippen molar-refractivity contribution in [3.63, 3.8) is 0 Å². The normalized spacial score (nSPS) is 12.0. The van der Waals surface area contributed by atoms with Crippen LogP contribution in [-0.4, -0.2) is 77.5 Å². The quantitative estimate of drug-likeness (QED) is 0.202. The highest BCUT2D eigenvalue weighted by molar-refractivity contribution is 5.82. The Kier molecular flexibility index (Phi) is 15.7. The molecule has 0 aromatic heterocycles. The van der Waals surface area contributed by atoms with Crippen molar-refractivity contribution in [1.29, 1.82) is 0 Å². The summed E-state index contributed by atoms with van der Waals surface area (Å²) in [5, 5.41) is 8.56. The van der Waals surface area contributed by atoms with Crippen LogP contribution in [0.5, 0.6) is 0 Å². The van der Waals surface area contributed by atoms with Crippen molar-refractivity contribution in [3.8, 4) is 0 Å². The molecule has 1 atom stereocenters. The van der Waals surface area contributed by atoms with Crippen LogP contribution in [0.2, 0.25) is 0 Å². The second-order valence-corrected chi connectivity index (χ2v) is 5.28. The maximum atomic E-state index is 11.8. The van der Waals surface area contributed by atoms with E-state index in [-0.39, 0.29) is 18.2 Å². The molecule has 142 valence electrons. The fourth-order valence-electron chi connectivity index (χ4n) is 1.78. The van der Waals surface area contributed by atoms with E-state index in [4.69, 9.17) is 20.9 Å². The van der Waals surface area contributed by atoms with Gasteiger partial charge in [-0.3, -0.25) is 9.59 Å². The summed E-state index contributed by atoms with van der Waals surface area (Å²) in [7, 11) is 1.62. The van der Waals surface area contributed by atoms with E-state index in [1.54, 1.807) is 7.11 Å². The van der Waals surface area contributed by atoms with Gasteiger partial charge in [-0.2, -0.15) is 0 Å². The summed E-state index contributed by atoms with van der Waals surface area (Å²) in [6.45, 7) is 4.64. The van der Waals surface area contributed by atoms with Crippen LogP contribution in [0.25, 0.3) is 0 Å². The Morgan fingerprint density at radius 3 is 2.54 bits per heavy atom. The number of nitrogens with two attached hydrogens (primary N) is 2. The largest absolute Gasteiger partial charge is 0.382 e. The molecule has 0 aliphatic carbocycles. The maximum Gasteiger partial charge on any atom is 0.236 e. The molecule has 9 heteroatoms. The van der Waals surface area contributed by atoms with Gasteiger partial charge in [0.05, 0.1) is 19.3 Å². The van der Waals surface area contributed by atoms with E-state index in [9.17, 15) is 9.59 Å². The SMILES string of the molecule is COCCOCCCNC(=O)C(N)CCC(=O)NCCNCCN. The van der Waals surface area contributed by atoms with Crippen molar-refractivity contribution in [1.82, 2.24) is 16.0 Å². The van der Waals surface area contributed by atoms with E-state index in [0.29, 0.717) is 58.8 Å². The molecule has 9 nitrogen and oxygen atoms in total. The molecule has 1 unspecified atom stereocenters. The number of nitrogens with one attached hydrogen (secondary N) is 3. The lowest BCUT2D eigenvalue weighted by atomic mass is 10.1. The lowest BCUT2D eigenvalue weighted by Gasteiger charge is -2.12. The molecule has 2 amide bonds. The third-order valence-electron chi connectivity index (χ3n) is 3.16. The summed E-state index contributed by atoms with van der Waals surface area (Å²) < 4.78 is 10.1. The molecule has 0 saturated heterocycles. The number of hydrogen-bond acceptors (Lipinski definition) is 7. The second-order valence-electron chi connectivity index (χ2n) is 5.28. The van der Waals surface area contributed by atoms with E-state index in [0.717, 1.165) is 6.54 Å². The lowest BCUT2D eigenvalue weighted by Crippen LogP contribution is -2.42. The van der Waals surface area contributed by atoms with E-state index < -0.39 is 6.04 Å². The minimum atomic E-state index is -0.680. The zero-order valence-corrected chi connectivity index (χ0v) is 14.6. The van der Waals surface area contributed by atoms with E-state index >= 15 is 0 Å². The molecule has 24 heavy (non-hydrogen) atoms. The van der Waals surface area contributed by atoms with Crippen LogP contribution in [0.15, 0.2) is 0 Å². The Morgan fingerprint density at radius 1 is 1.04 bits per heavy atom. The van der Waals surface area contributed by atoms with Gasteiger partial charge in [-0.05, 0) is 12.8 Å². The fraction of sp³-hybridized carbons (Fsp3) is 0.867. The third-order valence-corrected chi connectivity index (χ3v) is 3.16. The van der Waals surface area contributed by atoms with Crippen LogP contribution in [0.3, 0.4) is 0 Å². The van der Waals surface area contributed by atoms with Crippen molar-refractivity contribution in [3.05, 3.63) is 0 Å². The van der Waals surface area contributed by atoms with Gasteiger partial charge in [-0.25, -0.2) is 0 Å². The van der Waals surface area contributed by atoms with Crippen LogP contribution < -0.4 is 27.4 Å². The van der Waals surface area contributed by atoms with Gasteiger partial charge in [0.25, 0.3) is 0 Å². The number of carbonyl (C=O) groups excluding carboxylic acids is 2. The molecule has 0 aromatic carbocycles. The average Bonchev–Trinajstić information content (AvgIpc) is 2.58. The Morgan fingerprint density at radius 2 is 1.83 bits per heavy atom. The maximum absolute atomic E-state index is 11.8. The van der Waals surface area contributed by atoms with Gasteiger partial charge in [0.1, 0.15) is 0 Å². The summed E-state index contributed by atoms with van der Waals surface area (Å²) in [5.41, 5.74) is 11.1. The molecule has 0 aliphatic rings. The number of ether oxygens (including phenoxy) is 2. The van der Waals surface area contributed by atoms with Crippen LogP contribution in [-0.2, 0) is 19.1 Å². The molecule has 0 fully saturated rings. The van der Waals surface area contributed by atoms with Crippen molar-refractivity contribution < 1.29 is 19.1 Å². The summed E-state index contributed by atoms with van der Waals surface area (Å²) in [6.07, 6.45) is 1.25. The molecule has 0 bridgehead atoms. The molecule has 0 saturated carbocycles. The monoisotopic (exact) mass is 347 g/mol. The molecular formula is C15H33N5O4. The zero-order chi connectivity index (χ0) is 18.0. The zero-order valence-electron chi connectivity index (χ0n) is 14.6. The number of methoxy groups -OCH3 is 1. The van der Waals surface area contributed by atoms with E-state index in [1.807, 2.05) is 0 Å². The first-order valence-corrected chi connectivity index (χ1v) is 8.39. The first-order valence-electron chi connectivity index (χ1n) is 8.39. The van der Waals surface area contributed by atoms with E-state index in [2.05, 4.69) is 16.0 Å². The first kappa shape index (κ1) is 22.7. The summed E-state index contributed by atoms with van der Waals surface area (Å²) >= 11 is 0. The van der Waals surface area contributed by atoms with Crippen LogP contribution in [0.4, 0.5) is 0 Å². The molecular weight excluding hydrogens is 314 g/mol. The summed E-state index contributed by atoms with van der Waals surface area (Å²) in [4.78, 5) is 23.4. The summed E-state index contributed by atoms with van der Waals surface area (Å²) in [6, 6.07) is -0.680. The molecule has 0 rings (SSSR count). The van der Waals surface area contributed by atoms with Crippen molar-refractivity contribution in [2.24, 2.45) is 11.5 Å². The number of carbonyl (C=O) groups is 2. The second kappa shape index (κ2) is 16.6. The number of rotatable bonds is 16. The highest BCUT2D eigenvalue weighted by Gasteiger charge is 2.14. The van der Waals surface area contributed by atoms with Crippen molar-refractivity contribution in [2.45, 2.75) is 25.3 Å². The van der Waals surface area contributed by atoms with Crippen molar-refractivity contribution >= 4 is 11.8 Å². The predicted octanol–water partition coefficient (Wildman–Crippen LogP) is -2.07. The Hall–Kier alpha value is -1.26. The fourth-order valence-corrected chi connectivity index (χ4v) is 1.78. The molecule has 0 heterocycles. The molecule has 7 N–H and O–H groups in total. The molecule has 0 aromatic rings. The van der Waals surface area contributed by atoms with Gasteiger partial charge in [0.15, 0.2) is 0 Å². The standard InChI is InChI=1S/C15H33N5O4/c1-23-11-12-24-10-2-6-20-15(22)13(17)3-4-14(21)19-9-8-18-7-5-16/h13,18H,2-12,16-17H2,1H3,(H,19,21)(H,20,22). The third kappa shape index (κ3) is 14.3. The van der Waals surface area contributed by atoms with Gasteiger partial charge < -0.3 is 36.9 Å². The van der Waals surface area contributed by atoms with Crippen molar-refractivity contribution in [2.75, 3.05) is 59.7 Å². The smallest absolute Gasteiger partial charge is 0.236 e. The van der Waals surface area contributed by atoms with E-state index in [1.165, 1.54) is 0 Å². The predicted molar refractivity (Wildman–Crippen MR) is 92.5 cm³/mol. The van der Waals surface area contributed by atoms with Gasteiger partial charge >= 0.3 is 0 Å². The van der Waals surface area contributed by atoms with Gasteiger partial charge in [0, 0.05) is 52.9 Å². The van der Waals surface area contributed by atoms with Crippen LogP contribution in [0.1, 0.15) is 19.3 Å². The highest BCUT2D eigenvalue weighted by atomic mass is 16.5. The minimum absolute atomic E-state index is 0.112. The molecule has 0 spiro atoms. The number of hydrogen-bond donors (Lipinski definition) is 5. The first-order chi connectivity index (χ1) is 11.6. The topological polar surface area (TPSA) is 141 Å². The lowest BCUT2D eigenvalue weighted by molar-refractivity contribution is -0.123.